The van der Waals surface area contributed by atoms with Crippen LogP contribution in [0.4, 0.5) is 11.4 Å². The third-order valence-electron chi connectivity index (χ3n) is 4.44. The molecule has 1 N–H and O–H groups in total. The Kier molecular flexibility index (Phi) is 3.94. The molecule has 3 aromatic rings. The van der Waals surface area contributed by atoms with Crippen molar-refractivity contribution in [3.05, 3.63) is 94.5 Å². The minimum atomic E-state index is -0.362. The molecule has 0 radical (unpaired) electrons. The largest absolute Gasteiger partial charge is 0.360 e. The van der Waals surface area contributed by atoms with Crippen LogP contribution in [0.15, 0.2) is 72.8 Å². The molecule has 124 valence electrons. The number of nitrogens with one attached hydrogen (secondary N) is 1. The normalized spacial score (nSPS) is 16.3. The van der Waals surface area contributed by atoms with Gasteiger partial charge in [0.05, 0.1) is 5.56 Å². The number of rotatable bonds is 2. The van der Waals surface area contributed by atoms with Crippen LogP contribution in [0.5, 0.6) is 0 Å². The molecule has 0 bridgehead atoms. The summed E-state index contributed by atoms with van der Waals surface area (Å²) < 4.78 is 0. The fourth-order valence-electron chi connectivity index (χ4n) is 3.14. The molecule has 0 saturated carbocycles. The standard InChI is InChI=1S/C21H17ClN2O/c1-14-10-12-15(13-11-14)24-20(16-6-2-4-8-18(16)22)23-19-9-5-3-7-17(19)21(24)25/h2-13,20,23H,1H3/t20-/m0/s1. The van der Waals surface area contributed by atoms with Crippen molar-refractivity contribution in [2.45, 2.75) is 13.1 Å². The Morgan fingerprint density at radius 3 is 2.36 bits per heavy atom. The van der Waals surface area contributed by atoms with E-state index in [-0.39, 0.29) is 12.1 Å². The van der Waals surface area contributed by atoms with E-state index in [0.717, 1.165) is 22.5 Å². The minimum absolute atomic E-state index is 0.0388. The lowest BCUT2D eigenvalue weighted by Gasteiger charge is -2.38. The number of amides is 1. The van der Waals surface area contributed by atoms with Crippen LogP contribution in [0.25, 0.3) is 0 Å². The molecule has 1 amide bonds. The quantitative estimate of drug-likeness (QED) is 0.670. The highest BCUT2D eigenvalue weighted by atomic mass is 35.5. The van der Waals surface area contributed by atoms with Crippen LogP contribution in [-0.2, 0) is 0 Å². The third-order valence-corrected chi connectivity index (χ3v) is 4.78. The van der Waals surface area contributed by atoms with Crippen LogP contribution in [0.2, 0.25) is 5.02 Å². The summed E-state index contributed by atoms with van der Waals surface area (Å²) in [5.41, 5.74) is 4.33. The van der Waals surface area contributed by atoms with Crippen LogP contribution in [0.3, 0.4) is 0 Å². The van der Waals surface area contributed by atoms with Crippen LogP contribution in [0, 0.1) is 6.92 Å². The van der Waals surface area contributed by atoms with E-state index in [1.807, 2.05) is 79.7 Å². The number of anilines is 2. The first kappa shape index (κ1) is 15.7. The van der Waals surface area contributed by atoms with Crippen LogP contribution in [-0.4, -0.2) is 5.91 Å². The molecule has 1 aliphatic heterocycles. The van der Waals surface area contributed by atoms with Crippen molar-refractivity contribution < 1.29 is 4.79 Å². The lowest BCUT2D eigenvalue weighted by atomic mass is 10.0. The number of fused-ring (bicyclic) bond motifs is 1. The molecule has 4 rings (SSSR count). The van der Waals surface area contributed by atoms with Crippen molar-refractivity contribution in [1.82, 2.24) is 0 Å². The Balaban J connectivity index is 1.89. The number of benzene rings is 3. The molecule has 1 heterocycles. The van der Waals surface area contributed by atoms with Crippen LogP contribution >= 0.6 is 11.6 Å². The average molecular weight is 349 g/mol. The Morgan fingerprint density at radius 2 is 1.60 bits per heavy atom. The van der Waals surface area contributed by atoms with Crippen molar-refractivity contribution in [1.29, 1.82) is 0 Å². The second kappa shape index (κ2) is 6.26. The highest BCUT2D eigenvalue weighted by Crippen LogP contribution is 2.38. The maximum Gasteiger partial charge on any atom is 0.262 e. The Morgan fingerprint density at radius 1 is 0.920 bits per heavy atom. The van der Waals surface area contributed by atoms with Gasteiger partial charge in [-0.05, 0) is 37.3 Å². The molecule has 0 saturated heterocycles. The van der Waals surface area contributed by atoms with Crippen molar-refractivity contribution in [3.8, 4) is 0 Å². The van der Waals surface area contributed by atoms with Gasteiger partial charge < -0.3 is 5.32 Å². The average Bonchev–Trinajstić information content (AvgIpc) is 2.63. The molecule has 0 spiro atoms. The predicted octanol–water partition coefficient (Wildman–Crippen LogP) is 5.42. The fourth-order valence-corrected chi connectivity index (χ4v) is 3.38. The number of para-hydroxylation sites is 1. The van der Waals surface area contributed by atoms with E-state index in [4.69, 9.17) is 11.6 Å². The van der Waals surface area contributed by atoms with Gasteiger partial charge in [-0.15, -0.1) is 0 Å². The lowest BCUT2D eigenvalue weighted by molar-refractivity contribution is 0.0975. The van der Waals surface area contributed by atoms with Crippen molar-refractivity contribution >= 4 is 28.9 Å². The van der Waals surface area contributed by atoms with E-state index < -0.39 is 0 Å². The van der Waals surface area contributed by atoms with Gasteiger partial charge in [0, 0.05) is 22.0 Å². The van der Waals surface area contributed by atoms with Gasteiger partial charge in [-0.25, -0.2) is 0 Å². The molecular formula is C21H17ClN2O. The van der Waals surface area contributed by atoms with Gasteiger partial charge >= 0.3 is 0 Å². The molecule has 0 fully saturated rings. The number of carbonyl (C=O) groups excluding carboxylic acids is 1. The lowest BCUT2D eigenvalue weighted by Crippen LogP contribution is -2.43. The molecule has 1 atom stereocenters. The zero-order chi connectivity index (χ0) is 17.4. The number of carbonyl (C=O) groups is 1. The number of hydrogen-bond donors (Lipinski definition) is 1. The Hall–Kier alpha value is -2.78. The number of nitrogens with zero attached hydrogens (tertiary/aromatic N) is 1. The van der Waals surface area contributed by atoms with E-state index in [0.29, 0.717) is 10.6 Å². The second-order valence-electron chi connectivity index (χ2n) is 6.12. The summed E-state index contributed by atoms with van der Waals surface area (Å²) in [5, 5.41) is 4.10. The van der Waals surface area contributed by atoms with E-state index in [9.17, 15) is 4.79 Å². The first-order valence-electron chi connectivity index (χ1n) is 8.15. The number of hydrogen-bond acceptors (Lipinski definition) is 2. The van der Waals surface area contributed by atoms with E-state index >= 15 is 0 Å². The van der Waals surface area contributed by atoms with Gasteiger partial charge in [0.2, 0.25) is 0 Å². The third kappa shape index (κ3) is 2.77. The van der Waals surface area contributed by atoms with Gasteiger partial charge in [-0.2, -0.15) is 0 Å². The van der Waals surface area contributed by atoms with Crippen LogP contribution in [0.1, 0.15) is 27.7 Å². The zero-order valence-corrected chi connectivity index (χ0v) is 14.5. The molecule has 0 unspecified atom stereocenters. The Bertz CT molecular complexity index is 937. The topological polar surface area (TPSA) is 32.3 Å². The molecular weight excluding hydrogens is 332 g/mol. The highest BCUT2D eigenvalue weighted by molar-refractivity contribution is 6.31. The smallest absolute Gasteiger partial charge is 0.262 e. The highest BCUT2D eigenvalue weighted by Gasteiger charge is 2.34. The molecule has 0 aliphatic carbocycles. The first-order valence-corrected chi connectivity index (χ1v) is 8.53. The molecule has 25 heavy (non-hydrogen) atoms. The monoisotopic (exact) mass is 348 g/mol. The van der Waals surface area contributed by atoms with Crippen molar-refractivity contribution in [3.63, 3.8) is 0 Å². The Labute approximate surface area is 151 Å². The molecule has 0 aromatic heterocycles. The molecule has 4 heteroatoms. The summed E-state index contributed by atoms with van der Waals surface area (Å²) in [6.07, 6.45) is -0.362. The van der Waals surface area contributed by atoms with Gasteiger partial charge in [0.15, 0.2) is 0 Å². The van der Waals surface area contributed by atoms with E-state index in [2.05, 4.69) is 5.32 Å². The van der Waals surface area contributed by atoms with Crippen molar-refractivity contribution in [2.24, 2.45) is 0 Å². The zero-order valence-electron chi connectivity index (χ0n) is 13.7. The van der Waals surface area contributed by atoms with E-state index in [1.54, 1.807) is 4.90 Å². The summed E-state index contributed by atoms with van der Waals surface area (Å²) in [4.78, 5) is 15.0. The van der Waals surface area contributed by atoms with Crippen LogP contribution < -0.4 is 10.2 Å². The summed E-state index contributed by atoms with van der Waals surface area (Å²) in [7, 11) is 0. The minimum Gasteiger partial charge on any atom is -0.360 e. The van der Waals surface area contributed by atoms with Gasteiger partial charge in [-0.1, -0.05) is 59.6 Å². The predicted molar refractivity (Wildman–Crippen MR) is 102 cm³/mol. The summed E-state index contributed by atoms with van der Waals surface area (Å²) in [5.74, 6) is -0.0388. The number of halogens is 1. The molecule has 3 aromatic carbocycles. The van der Waals surface area contributed by atoms with Gasteiger partial charge in [0.1, 0.15) is 6.17 Å². The SMILES string of the molecule is Cc1ccc(N2C(=O)c3ccccc3N[C@@H]2c2ccccc2Cl)cc1. The maximum atomic E-state index is 13.2. The summed E-state index contributed by atoms with van der Waals surface area (Å²) in [6.45, 7) is 2.03. The van der Waals surface area contributed by atoms with Gasteiger partial charge in [-0.3, -0.25) is 9.69 Å². The summed E-state index contributed by atoms with van der Waals surface area (Å²) in [6, 6.07) is 23.1. The fraction of sp³-hybridized carbons (Fsp3) is 0.0952. The summed E-state index contributed by atoms with van der Waals surface area (Å²) >= 11 is 6.43. The second-order valence-corrected chi connectivity index (χ2v) is 6.53. The van der Waals surface area contributed by atoms with E-state index in [1.165, 1.54) is 0 Å². The van der Waals surface area contributed by atoms with Gasteiger partial charge in [0.25, 0.3) is 5.91 Å². The first-order chi connectivity index (χ1) is 12.1. The van der Waals surface area contributed by atoms with Crippen molar-refractivity contribution in [2.75, 3.05) is 10.2 Å². The molecule has 3 nitrogen and oxygen atoms in total. The molecule has 1 aliphatic rings. The maximum absolute atomic E-state index is 13.2. The number of aryl methyl sites for hydroxylation is 1.